The minimum absolute atomic E-state index is 0.286. The Morgan fingerprint density at radius 1 is 1.07 bits per heavy atom. The van der Waals surface area contributed by atoms with Crippen LogP contribution in [0.3, 0.4) is 0 Å². The van der Waals surface area contributed by atoms with Crippen molar-refractivity contribution < 1.29 is 17.9 Å². The summed E-state index contributed by atoms with van der Waals surface area (Å²) in [4.78, 5) is 0. The van der Waals surface area contributed by atoms with Crippen LogP contribution in [0.25, 0.3) is 5.69 Å². The summed E-state index contributed by atoms with van der Waals surface area (Å²) in [6.07, 6.45) is 2.07. The van der Waals surface area contributed by atoms with Crippen molar-refractivity contribution in [3.05, 3.63) is 42.7 Å². The molecule has 0 radical (unpaired) electrons. The Bertz CT molecular complexity index is 820. The van der Waals surface area contributed by atoms with Gasteiger partial charge in [-0.15, -0.1) is 18.3 Å². The van der Waals surface area contributed by atoms with Crippen LogP contribution in [-0.4, -0.2) is 42.1 Å². The quantitative estimate of drug-likeness (QED) is 0.404. The first-order valence-electron chi connectivity index (χ1n) is 8.26. The Kier molecular flexibility index (Phi) is 6.32. The van der Waals surface area contributed by atoms with E-state index in [1.807, 2.05) is 16.9 Å². The van der Waals surface area contributed by atoms with E-state index in [-0.39, 0.29) is 5.75 Å². The Hall–Kier alpha value is -2.56. The van der Waals surface area contributed by atoms with E-state index in [2.05, 4.69) is 25.4 Å². The van der Waals surface area contributed by atoms with Crippen molar-refractivity contribution in [3.8, 4) is 11.4 Å². The predicted octanol–water partition coefficient (Wildman–Crippen LogP) is 3.72. The summed E-state index contributed by atoms with van der Waals surface area (Å²) in [6, 6.07) is 7.32. The van der Waals surface area contributed by atoms with Crippen LogP contribution < -0.4 is 4.74 Å². The summed E-state index contributed by atoms with van der Waals surface area (Å²) in [5, 5.41) is 16.3. The molecule has 2 aromatic heterocycles. The van der Waals surface area contributed by atoms with Gasteiger partial charge >= 0.3 is 6.36 Å². The van der Waals surface area contributed by atoms with Crippen molar-refractivity contribution in [2.24, 2.45) is 0 Å². The third kappa shape index (κ3) is 5.98. The lowest BCUT2D eigenvalue weighted by Crippen LogP contribution is -2.17. The molecule has 0 aliphatic carbocycles. The van der Waals surface area contributed by atoms with E-state index in [0.717, 1.165) is 31.6 Å². The van der Waals surface area contributed by atoms with Crippen LogP contribution in [0.15, 0.2) is 47.9 Å². The first-order chi connectivity index (χ1) is 13.0. The monoisotopic (exact) mass is 398 g/mol. The molecule has 2 heterocycles. The van der Waals surface area contributed by atoms with E-state index in [0.29, 0.717) is 10.8 Å². The number of tetrazole rings is 1. The van der Waals surface area contributed by atoms with Gasteiger partial charge in [0.2, 0.25) is 5.16 Å². The molecule has 0 spiro atoms. The van der Waals surface area contributed by atoms with Crippen LogP contribution in [0.4, 0.5) is 13.2 Å². The number of hydrogen-bond donors (Lipinski definition) is 0. The van der Waals surface area contributed by atoms with Crippen molar-refractivity contribution in [3.63, 3.8) is 0 Å². The number of nitrogens with zero attached hydrogens (tertiary/aromatic N) is 6. The van der Waals surface area contributed by atoms with Gasteiger partial charge in [-0.25, -0.2) is 0 Å². The molecule has 11 heteroatoms. The van der Waals surface area contributed by atoms with E-state index in [9.17, 15) is 13.2 Å². The van der Waals surface area contributed by atoms with E-state index in [1.54, 1.807) is 6.20 Å². The topological polar surface area (TPSA) is 70.7 Å². The lowest BCUT2D eigenvalue weighted by Gasteiger charge is -2.09. The summed E-state index contributed by atoms with van der Waals surface area (Å²) in [6.45, 7) is 0.891. The fourth-order valence-electron chi connectivity index (χ4n) is 2.37. The molecular weight excluding hydrogens is 381 g/mol. The van der Waals surface area contributed by atoms with Gasteiger partial charge < -0.3 is 4.74 Å². The summed E-state index contributed by atoms with van der Waals surface area (Å²) in [5.41, 5.74) is 0.565. The van der Waals surface area contributed by atoms with Gasteiger partial charge in [-0.05, 0) is 53.6 Å². The average Bonchev–Trinajstić information content (AvgIpc) is 3.29. The molecule has 0 fully saturated rings. The van der Waals surface area contributed by atoms with Crippen LogP contribution in [0.1, 0.15) is 19.3 Å². The van der Waals surface area contributed by atoms with E-state index < -0.39 is 6.36 Å². The number of hydrogen-bond acceptors (Lipinski definition) is 6. The molecule has 0 aliphatic rings. The highest BCUT2D eigenvalue weighted by atomic mass is 32.2. The van der Waals surface area contributed by atoms with Gasteiger partial charge in [0.25, 0.3) is 0 Å². The van der Waals surface area contributed by atoms with Gasteiger partial charge in [0.05, 0.1) is 5.69 Å². The maximum absolute atomic E-state index is 12.2. The Morgan fingerprint density at radius 3 is 2.59 bits per heavy atom. The first kappa shape index (κ1) is 19.2. The molecule has 7 nitrogen and oxygen atoms in total. The van der Waals surface area contributed by atoms with Gasteiger partial charge in [-0.1, -0.05) is 18.2 Å². The molecule has 0 bridgehead atoms. The number of halogens is 3. The number of rotatable bonds is 9. The van der Waals surface area contributed by atoms with Crippen molar-refractivity contribution in [1.82, 2.24) is 30.0 Å². The summed E-state index contributed by atoms with van der Waals surface area (Å²) >= 11 is 1.50. The zero-order chi connectivity index (χ0) is 19.1. The second kappa shape index (κ2) is 8.89. The lowest BCUT2D eigenvalue weighted by molar-refractivity contribution is -0.274. The molecule has 0 saturated carbocycles. The number of aromatic nitrogens is 6. The Balaban J connectivity index is 1.47. The van der Waals surface area contributed by atoms with E-state index >= 15 is 0 Å². The lowest BCUT2D eigenvalue weighted by atomic mass is 10.2. The standard InChI is InChI=1S/C16H17F3N6OS/c17-16(18,19)26-14-7-5-13(6-8-14)25-15(21-22-23-25)27-12-3-1-2-10-24-11-4-9-20-24/h4-9,11H,1-3,10,12H2. The first-order valence-corrected chi connectivity index (χ1v) is 9.25. The van der Waals surface area contributed by atoms with Crippen LogP contribution in [0.5, 0.6) is 5.75 Å². The highest BCUT2D eigenvalue weighted by Gasteiger charge is 2.31. The molecule has 0 atom stereocenters. The number of aryl methyl sites for hydroxylation is 1. The number of unbranched alkanes of at least 4 members (excludes halogenated alkanes) is 2. The third-order valence-electron chi connectivity index (χ3n) is 3.58. The van der Waals surface area contributed by atoms with Gasteiger partial charge in [0.1, 0.15) is 5.75 Å². The summed E-state index contributed by atoms with van der Waals surface area (Å²) in [7, 11) is 0. The smallest absolute Gasteiger partial charge is 0.406 e. The normalized spacial score (nSPS) is 11.7. The maximum atomic E-state index is 12.2. The van der Waals surface area contributed by atoms with Crippen LogP contribution in [0.2, 0.25) is 0 Å². The van der Waals surface area contributed by atoms with E-state index in [4.69, 9.17) is 0 Å². The Morgan fingerprint density at radius 2 is 1.89 bits per heavy atom. The molecule has 0 aliphatic heterocycles. The highest BCUT2D eigenvalue weighted by molar-refractivity contribution is 7.99. The fraction of sp³-hybridized carbons (Fsp3) is 0.375. The van der Waals surface area contributed by atoms with Gasteiger partial charge in [-0.3, -0.25) is 4.68 Å². The van der Waals surface area contributed by atoms with Gasteiger partial charge in [-0.2, -0.15) is 9.78 Å². The second-order valence-corrected chi connectivity index (χ2v) is 6.66. The zero-order valence-corrected chi connectivity index (χ0v) is 15.0. The van der Waals surface area contributed by atoms with Crippen molar-refractivity contribution in [2.45, 2.75) is 37.3 Å². The minimum atomic E-state index is -4.71. The molecule has 3 aromatic rings. The number of thioether (sulfide) groups is 1. The Labute approximate surface area is 157 Å². The van der Waals surface area contributed by atoms with Crippen LogP contribution in [0, 0.1) is 0 Å². The van der Waals surface area contributed by atoms with Crippen LogP contribution >= 0.6 is 11.8 Å². The molecule has 3 rings (SSSR count). The molecule has 0 amide bonds. The molecule has 144 valence electrons. The molecule has 1 aromatic carbocycles. The van der Waals surface area contributed by atoms with E-state index in [1.165, 1.54) is 40.7 Å². The minimum Gasteiger partial charge on any atom is -0.406 e. The average molecular weight is 398 g/mol. The third-order valence-corrected chi connectivity index (χ3v) is 4.58. The number of alkyl halides is 3. The molecular formula is C16H17F3N6OS. The van der Waals surface area contributed by atoms with Crippen molar-refractivity contribution in [1.29, 1.82) is 0 Å². The van der Waals surface area contributed by atoms with Gasteiger partial charge in [0.15, 0.2) is 0 Å². The van der Waals surface area contributed by atoms with Crippen LogP contribution in [-0.2, 0) is 6.54 Å². The summed E-state index contributed by atoms with van der Waals surface area (Å²) in [5.74, 6) is 0.556. The summed E-state index contributed by atoms with van der Waals surface area (Å²) < 4.78 is 43.9. The number of ether oxygens (including phenoxy) is 1. The molecule has 0 N–H and O–H groups in total. The maximum Gasteiger partial charge on any atom is 0.573 e. The second-order valence-electron chi connectivity index (χ2n) is 5.59. The highest BCUT2D eigenvalue weighted by Crippen LogP contribution is 2.25. The SMILES string of the molecule is FC(F)(F)Oc1ccc(-n2nnnc2SCCCCCn2cccn2)cc1. The molecule has 0 unspecified atom stereocenters. The largest absolute Gasteiger partial charge is 0.573 e. The molecule has 0 saturated heterocycles. The predicted molar refractivity (Wildman–Crippen MR) is 92.6 cm³/mol. The van der Waals surface area contributed by atoms with Crippen molar-refractivity contribution in [2.75, 3.05) is 5.75 Å². The molecule has 27 heavy (non-hydrogen) atoms. The fourth-order valence-corrected chi connectivity index (χ4v) is 3.26. The number of benzene rings is 1. The van der Waals surface area contributed by atoms with Crippen molar-refractivity contribution >= 4 is 11.8 Å². The zero-order valence-electron chi connectivity index (χ0n) is 14.2. The van der Waals surface area contributed by atoms with Gasteiger partial charge in [0, 0.05) is 24.7 Å².